The Balaban J connectivity index is 0.934. The summed E-state index contributed by atoms with van der Waals surface area (Å²) in [5.74, 6) is 1.40. The van der Waals surface area contributed by atoms with Crippen molar-refractivity contribution in [2.75, 3.05) is 82.0 Å². The Morgan fingerprint density at radius 3 is 2.37 bits per heavy atom. The van der Waals surface area contributed by atoms with Crippen molar-refractivity contribution in [3.63, 3.8) is 0 Å². The van der Waals surface area contributed by atoms with Crippen LogP contribution in [-0.4, -0.2) is 93.1 Å². The SMILES string of the molecule is O=C1S/C(=C\c2ccc(N3CCOCC3)c(Cl)c2)C(=O)N1c1ccc(OCCCCCN2CCN(CC3CC3)CC2)cc1. The Hall–Kier alpha value is -2.56. The van der Waals surface area contributed by atoms with Crippen LogP contribution in [0.4, 0.5) is 16.2 Å². The number of hydrogen-bond donors (Lipinski definition) is 0. The molecule has 8 nitrogen and oxygen atoms in total. The summed E-state index contributed by atoms with van der Waals surface area (Å²) in [6.45, 7) is 10.9. The normalized spacial score (nSPS) is 21.3. The highest BCUT2D eigenvalue weighted by molar-refractivity contribution is 8.19. The molecule has 0 bridgehead atoms. The zero-order valence-electron chi connectivity index (χ0n) is 24.7. The third-order valence-corrected chi connectivity index (χ3v) is 9.75. The number of carbonyl (C=O) groups excluding carboxylic acids is 2. The van der Waals surface area contributed by atoms with E-state index in [0.717, 1.165) is 60.6 Å². The summed E-state index contributed by atoms with van der Waals surface area (Å²) in [4.78, 5) is 35.0. The molecule has 3 saturated heterocycles. The van der Waals surface area contributed by atoms with Crippen molar-refractivity contribution in [3.05, 3.63) is 58.0 Å². The van der Waals surface area contributed by atoms with Gasteiger partial charge in [-0.15, -0.1) is 0 Å². The second-order valence-corrected chi connectivity index (χ2v) is 13.2. The monoisotopic (exact) mass is 624 g/mol. The lowest BCUT2D eigenvalue weighted by Gasteiger charge is -2.34. The zero-order valence-corrected chi connectivity index (χ0v) is 26.3. The van der Waals surface area contributed by atoms with E-state index in [1.54, 1.807) is 18.2 Å². The number of imide groups is 1. The van der Waals surface area contributed by atoms with Crippen molar-refractivity contribution in [1.82, 2.24) is 9.80 Å². The van der Waals surface area contributed by atoms with Crippen LogP contribution in [0.5, 0.6) is 5.75 Å². The highest BCUT2D eigenvalue weighted by Gasteiger charge is 2.36. The van der Waals surface area contributed by atoms with Crippen molar-refractivity contribution in [1.29, 1.82) is 0 Å². The topological polar surface area (TPSA) is 65.6 Å². The molecule has 3 heterocycles. The Morgan fingerprint density at radius 1 is 0.907 bits per heavy atom. The molecule has 10 heteroatoms. The predicted molar refractivity (Wildman–Crippen MR) is 174 cm³/mol. The second-order valence-electron chi connectivity index (χ2n) is 11.8. The summed E-state index contributed by atoms with van der Waals surface area (Å²) in [6, 6.07) is 12.9. The Labute approximate surface area is 263 Å². The molecule has 0 radical (unpaired) electrons. The number of amides is 2. The fraction of sp³-hybridized carbons (Fsp3) is 0.515. The Bertz CT molecular complexity index is 1300. The standard InChI is InChI=1S/C33H41ClN4O4S/c34-29-22-26(6-11-30(29)37-17-20-41-21-18-37)23-31-32(39)38(33(40)43-31)27-7-9-28(10-8-27)42-19-3-1-2-12-35-13-15-36(16-14-35)24-25-4-5-25/h6-11,22-23,25H,1-5,12-21,24H2/b31-23-. The van der Waals surface area contributed by atoms with Crippen LogP contribution in [-0.2, 0) is 9.53 Å². The highest BCUT2D eigenvalue weighted by Crippen LogP contribution is 2.37. The van der Waals surface area contributed by atoms with Gasteiger partial charge in [-0.2, -0.15) is 0 Å². The van der Waals surface area contributed by atoms with Gasteiger partial charge >= 0.3 is 0 Å². The molecule has 0 spiro atoms. The predicted octanol–water partition coefficient (Wildman–Crippen LogP) is 5.99. The third kappa shape index (κ3) is 8.13. The largest absolute Gasteiger partial charge is 0.494 e. The summed E-state index contributed by atoms with van der Waals surface area (Å²) in [5, 5.41) is 0.299. The first-order valence-corrected chi connectivity index (χ1v) is 16.8. The number of carbonyl (C=O) groups is 2. The minimum Gasteiger partial charge on any atom is -0.494 e. The molecule has 3 aliphatic heterocycles. The van der Waals surface area contributed by atoms with Gasteiger partial charge in [0.1, 0.15) is 5.75 Å². The number of hydrogen-bond acceptors (Lipinski definition) is 8. The van der Waals surface area contributed by atoms with Crippen molar-refractivity contribution < 1.29 is 19.1 Å². The van der Waals surface area contributed by atoms with E-state index in [2.05, 4.69) is 14.7 Å². The Morgan fingerprint density at radius 2 is 1.65 bits per heavy atom. The van der Waals surface area contributed by atoms with E-state index in [-0.39, 0.29) is 11.1 Å². The van der Waals surface area contributed by atoms with Gasteiger partial charge in [0.25, 0.3) is 11.1 Å². The molecule has 4 aliphatic rings. The first-order chi connectivity index (χ1) is 21.0. The molecule has 0 unspecified atom stereocenters. The van der Waals surface area contributed by atoms with Crippen molar-refractivity contribution in [2.24, 2.45) is 5.92 Å². The van der Waals surface area contributed by atoms with E-state index in [0.29, 0.717) is 35.4 Å². The van der Waals surface area contributed by atoms with Crippen LogP contribution in [0.25, 0.3) is 6.08 Å². The van der Waals surface area contributed by atoms with Crippen LogP contribution in [0.15, 0.2) is 47.4 Å². The number of benzene rings is 2. The van der Waals surface area contributed by atoms with E-state index in [9.17, 15) is 9.59 Å². The number of ether oxygens (including phenoxy) is 2. The van der Waals surface area contributed by atoms with Gasteiger partial charge in [-0.1, -0.05) is 17.7 Å². The van der Waals surface area contributed by atoms with E-state index < -0.39 is 0 Å². The number of rotatable bonds is 12. The quantitative estimate of drug-likeness (QED) is 0.211. The van der Waals surface area contributed by atoms with Gasteiger partial charge in [-0.05, 0) is 104 Å². The minimum atomic E-state index is -0.332. The lowest BCUT2D eigenvalue weighted by atomic mass is 10.1. The van der Waals surface area contributed by atoms with Gasteiger partial charge in [0.05, 0.1) is 41.1 Å². The summed E-state index contributed by atoms with van der Waals surface area (Å²) in [5.41, 5.74) is 2.27. The number of morpholine rings is 1. The van der Waals surface area contributed by atoms with E-state index in [4.69, 9.17) is 21.1 Å². The molecular weight excluding hydrogens is 584 g/mol. The molecule has 4 fully saturated rings. The van der Waals surface area contributed by atoms with Gasteiger partial charge in [-0.25, -0.2) is 4.90 Å². The number of halogens is 1. The van der Waals surface area contributed by atoms with Crippen LogP contribution in [0.1, 0.15) is 37.7 Å². The molecule has 6 rings (SSSR count). The number of unbranched alkanes of at least 4 members (excludes halogenated alkanes) is 2. The summed E-state index contributed by atoms with van der Waals surface area (Å²) in [6.07, 6.45) is 7.95. The lowest BCUT2D eigenvalue weighted by molar-refractivity contribution is -0.113. The summed E-state index contributed by atoms with van der Waals surface area (Å²) in [7, 11) is 0. The van der Waals surface area contributed by atoms with Crippen LogP contribution < -0.4 is 14.5 Å². The van der Waals surface area contributed by atoms with E-state index >= 15 is 0 Å². The maximum Gasteiger partial charge on any atom is 0.298 e. The minimum absolute atomic E-state index is 0.315. The number of thioether (sulfide) groups is 1. The Kier molecular flexibility index (Phi) is 10.3. The van der Waals surface area contributed by atoms with Crippen LogP contribution in [0, 0.1) is 5.92 Å². The number of piperazine rings is 1. The zero-order chi connectivity index (χ0) is 29.6. The average Bonchev–Trinajstić information content (AvgIpc) is 3.80. The van der Waals surface area contributed by atoms with Crippen molar-refractivity contribution in [3.8, 4) is 5.75 Å². The molecule has 43 heavy (non-hydrogen) atoms. The summed E-state index contributed by atoms with van der Waals surface area (Å²) >= 11 is 7.51. The van der Waals surface area contributed by atoms with Gasteiger partial charge in [0, 0.05) is 45.8 Å². The summed E-state index contributed by atoms with van der Waals surface area (Å²) < 4.78 is 11.4. The first kappa shape index (κ1) is 30.5. The van der Waals surface area contributed by atoms with Crippen LogP contribution in [0.3, 0.4) is 0 Å². The van der Waals surface area contributed by atoms with E-state index in [1.807, 2.05) is 30.3 Å². The molecule has 230 valence electrons. The van der Waals surface area contributed by atoms with Crippen molar-refractivity contribution in [2.45, 2.75) is 32.1 Å². The second kappa shape index (κ2) is 14.5. The maximum absolute atomic E-state index is 13.2. The fourth-order valence-corrected chi connectivity index (χ4v) is 7.02. The molecule has 1 aliphatic carbocycles. The first-order valence-electron chi connectivity index (χ1n) is 15.6. The van der Waals surface area contributed by atoms with Crippen LogP contribution >= 0.6 is 23.4 Å². The molecule has 2 aromatic rings. The molecule has 1 saturated carbocycles. The molecule has 2 aromatic carbocycles. The highest BCUT2D eigenvalue weighted by atomic mass is 35.5. The van der Waals surface area contributed by atoms with Gasteiger partial charge < -0.3 is 24.2 Å². The third-order valence-electron chi connectivity index (χ3n) is 8.58. The smallest absolute Gasteiger partial charge is 0.298 e. The molecular formula is C33H41ClN4O4S. The maximum atomic E-state index is 13.2. The average molecular weight is 625 g/mol. The lowest BCUT2D eigenvalue weighted by Crippen LogP contribution is -2.47. The number of anilines is 2. The van der Waals surface area contributed by atoms with Crippen LogP contribution in [0.2, 0.25) is 5.02 Å². The van der Waals surface area contributed by atoms with Gasteiger partial charge in [-0.3, -0.25) is 9.59 Å². The van der Waals surface area contributed by atoms with Gasteiger partial charge in [0.15, 0.2) is 0 Å². The molecule has 0 atom stereocenters. The van der Waals surface area contributed by atoms with Crippen molar-refractivity contribution >= 4 is 52.0 Å². The fourth-order valence-electron chi connectivity index (χ4n) is 5.87. The number of nitrogens with zero attached hydrogens (tertiary/aromatic N) is 4. The van der Waals surface area contributed by atoms with Gasteiger partial charge in [0.2, 0.25) is 0 Å². The molecule has 2 amide bonds. The molecule has 0 aromatic heterocycles. The molecule has 0 N–H and O–H groups in total. The van der Waals surface area contributed by atoms with E-state index in [1.165, 1.54) is 63.4 Å².